The highest BCUT2D eigenvalue weighted by atomic mass is 32.1. The van der Waals surface area contributed by atoms with Crippen LogP contribution in [0, 0.1) is 5.82 Å². The lowest BCUT2D eigenvalue weighted by Crippen LogP contribution is -1.84. The molecule has 0 aromatic heterocycles. The fraction of sp³-hybridized carbons (Fsp3) is 0. The Bertz CT molecular complexity index is 283. The lowest BCUT2D eigenvalue weighted by Gasteiger charge is -1.97. The van der Waals surface area contributed by atoms with Crippen molar-refractivity contribution in [3.05, 3.63) is 41.8 Å². The normalized spacial score (nSPS) is 11.6. The van der Waals surface area contributed by atoms with Gasteiger partial charge in [-0.3, -0.25) is 0 Å². The molecular weight excluding hydrogens is 161 g/mol. The first kappa shape index (κ1) is 8.14. The number of thiol groups is 1. The summed E-state index contributed by atoms with van der Waals surface area (Å²) in [7, 11) is 0. The Morgan fingerprint density at radius 3 is 2.82 bits per heavy atom. The summed E-state index contributed by atoms with van der Waals surface area (Å²) < 4.78 is 12.6. The second-order valence-corrected chi connectivity index (χ2v) is 2.54. The molecule has 0 aliphatic carbocycles. The van der Waals surface area contributed by atoms with E-state index in [4.69, 9.17) is 5.73 Å². The third-order valence-corrected chi connectivity index (χ3v) is 1.69. The van der Waals surface area contributed by atoms with Crippen molar-refractivity contribution in [2.75, 3.05) is 0 Å². The van der Waals surface area contributed by atoms with E-state index in [1.807, 2.05) is 0 Å². The van der Waals surface area contributed by atoms with Crippen LogP contribution in [0.15, 0.2) is 30.5 Å². The molecule has 0 bridgehead atoms. The minimum absolute atomic E-state index is 0.282. The lowest BCUT2D eigenvalue weighted by atomic mass is 10.2. The molecule has 0 aliphatic heterocycles. The summed E-state index contributed by atoms with van der Waals surface area (Å²) in [4.78, 5) is 0.574. The topological polar surface area (TPSA) is 26.0 Å². The zero-order valence-corrected chi connectivity index (χ0v) is 6.68. The third kappa shape index (κ3) is 1.98. The predicted molar refractivity (Wildman–Crippen MR) is 47.6 cm³/mol. The Morgan fingerprint density at radius 2 is 2.27 bits per heavy atom. The smallest absolute Gasteiger partial charge is 0.123 e. The summed E-state index contributed by atoms with van der Waals surface area (Å²) in [5.74, 6) is -0.282. The Balaban J connectivity index is 3.06. The van der Waals surface area contributed by atoms with Gasteiger partial charge in [0.05, 0.1) is 0 Å². The lowest BCUT2D eigenvalue weighted by molar-refractivity contribution is 0.627. The molecule has 0 saturated heterocycles. The molecule has 1 aromatic carbocycles. The highest BCUT2D eigenvalue weighted by Crippen LogP contribution is 2.17. The number of halogens is 1. The number of rotatable bonds is 1. The second kappa shape index (κ2) is 3.44. The van der Waals surface area contributed by atoms with Gasteiger partial charge in [0.1, 0.15) is 5.82 Å². The van der Waals surface area contributed by atoms with Gasteiger partial charge in [0.2, 0.25) is 0 Å². The minimum Gasteiger partial charge on any atom is -0.404 e. The molecule has 1 nitrogen and oxygen atoms in total. The van der Waals surface area contributed by atoms with E-state index in [9.17, 15) is 4.39 Å². The van der Waals surface area contributed by atoms with Gasteiger partial charge < -0.3 is 5.73 Å². The van der Waals surface area contributed by atoms with E-state index >= 15 is 0 Å². The van der Waals surface area contributed by atoms with Gasteiger partial charge in [-0.1, -0.05) is 12.1 Å². The second-order valence-electron chi connectivity index (χ2n) is 2.06. The standard InChI is InChI=1S/C8H8FNS/c9-7-3-1-2-6(4-7)8(11)5-10/h1-5,11H,10H2/b8-5-. The quantitative estimate of drug-likeness (QED) is 0.618. The van der Waals surface area contributed by atoms with Crippen LogP contribution < -0.4 is 5.73 Å². The van der Waals surface area contributed by atoms with Crippen molar-refractivity contribution in [1.29, 1.82) is 0 Å². The van der Waals surface area contributed by atoms with Crippen LogP contribution in [-0.2, 0) is 0 Å². The number of nitrogens with two attached hydrogens (primary N) is 1. The summed E-state index contributed by atoms with van der Waals surface area (Å²) in [5, 5.41) is 0. The maximum absolute atomic E-state index is 12.6. The minimum atomic E-state index is -0.282. The Morgan fingerprint density at radius 1 is 1.55 bits per heavy atom. The Labute approximate surface area is 70.1 Å². The van der Waals surface area contributed by atoms with Crippen molar-refractivity contribution in [3.63, 3.8) is 0 Å². The molecule has 0 saturated carbocycles. The average molecular weight is 169 g/mol. The zero-order valence-electron chi connectivity index (χ0n) is 5.79. The van der Waals surface area contributed by atoms with E-state index in [1.165, 1.54) is 18.3 Å². The molecule has 3 heteroatoms. The number of benzene rings is 1. The average Bonchev–Trinajstić information content (AvgIpc) is 2.03. The van der Waals surface area contributed by atoms with Crippen LogP contribution in [0.1, 0.15) is 5.56 Å². The monoisotopic (exact) mass is 169 g/mol. The van der Waals surface area contributed by atoms with Gasteiger partial charge in [-0.15, -0.1) is 12.6 Å². The summed E-state index contributed by atoms with van der Waals surface area (Å²) in [5.41, 5.74) is 5.88. The maximum atomic E-state index is 12.6. The van der Waals surface area contributed by atoms with E-state index in [-0.39, 0.29) is 5.82 Å². The fourth-order valence-corrected chi connectivity index (χ4v) is 0.883. The molecular formula is C8H8FNS. The van der Waals surface area contributed by atoms with Crippen molar-refractivity contribution in [3.8, 4) is 0 Å². The van der Waals surface area contributed by atoms with Gasteiger partial charge in [0.15, 0.2) is 0 Å². The van der Waals surface area contributed by atoms with Crippen LogP contribution in [0.5, 0.6) is 0 Å². The van der Waals surface area contributed by atoms with E-state index in [0.29, 0.717) is 10.5 Å². The van der Waals surface area contributed by atoms with Gasteiger partial charge in [0.25, 0.3) is 0 Å². The first-order valence-corrected chi connectivity index (χ1v) is 3.55. The molecule has 0 amide bonds. The van der Waals surface area contributed by atoms with Gasteiger partial charge >= 0.3 is 0 Å². The van der Waals surface area contributed by atoms with Crippen molar-refractivity contribution in [2.45, 2.75) is 0 Å². The zero-order chi connectivity index (χ0) is 8.27. The molecule has 2 N–H and O–H groups in total. The van der Waals surface area contributed by atoms with Crippen molar-refractivity contribution in [2.24, 2.45) is 5.73 Å². The van der Waals surface area contributed by atoms with Crippen molar-refractivity contribution in [1.82, 2.24) is 0 Å². The molecule has 0 fully saturated rings. The van der Waals surface area contributed by atoms with Crippen LogP contribution in [0.2, 0.25) is 0 Å². The van der Waals surface area contributed by atoms with Crippen molar-refractivity contribution < 1.29 is 4.39 Å². The van der Waals surface area contributed by atoms with E-state index in [0.717, 1.165) is 0 Å². The fourth-order valence-electron chi connectivity index (χ4n) is 0.744. The highest BCUT2D eigenvalue weighted by molar-refractivity contribution is 7.90. The number of hydrogen-bond donors (Lipinski definition) is 2. The molecule has 0 spiro atoms. The highest BCUT2D eigenvalue weighted by Gasteiger charge is 1.95. The number of hydrogen-bond acceptors (Lipinski definition) is 2. The van der Waals surface area contributed by atoms with Crippen LogP contribution in [0.25, 0.3) is 4.91 Å². The van der Waals surface area contributed by atoms with Gasteiger partial charge in [-0.2, -0.15) is 0 Å². The van der Waals surface area contributed by atoms with Crippen LogP contribution >= 0.6 is 12.6 Å². The summed E-state index contributed by atoms with van der Waals surface area (Å²) in [6, 6.07) is 6.12. The van der Waals surface area contributed by atoms with Gasteiger partial charge in [-0.05, 0) is 17.7 Å². The largest absolute Gasteiger partial charge is 0.404 e. The van der Waals surface area contributed by atoms with Gasteiger partial charge in [-0.25, -0.2) is 4.39 Å². The van der Waals surface area contributed by atoms with E-state index in [1.54, 1.807) is 12.1 Å². The summed E-state index contributed by atoms with van der Waals surface area (Å²) >= 11 is 4.04. The third-order valence-electron chi connectivity index (χ3n) is 1.28. The molecule has 0 aliphatic rings. The Hall–Kier alpha value is -0.960. The summed E-state index contributed by atoms with van der Waals surface area (Å²) in [6.45, 7) is 0. The summed E-state index contributed by atoms with van der Waals surface area (Å²) in [6.07, 6.45) is 1.33. The van der Waals surface area contributed by atoms with Gasteiger partial charge in [0, 0.05) is 11.1 Å². The molecule has 1 rings (SSSR count). The van der Waals surface area contributed by atoms with Crippen LogP contribution in [0.4, 0.5) is 4.39 Å². The molecule has 11 heavy (non-hydrogen) atoms. The molecule has 1 aromatic rings. The van der Waals surface area contributed by atoms with E-state index < -0.39 is 0 Å². The molecule has 58 valence electrons. The first-order chi connectivity index (χ1) is 5.24. The SMILES string of the molecule is N/C=C(\S)c1cccc(F)c1. The van der Waals surface area contributed by atoms with E-state index in [2.05, 4.69) is 12.6 Å². The predicted octanol–water partition coefficient (Wildman–Crippen LogP) is 2.01. The van der Waals surface area contributed by atoms with Crippen molar-refractivity contribution >= 4 is 17.5 Å². The Kier molecular flexibility index (Phi) is 2.54. The van der Waals surface area contributed by atoms with Crippen LogP contribution in [-0.4, -0.2) is 0 Å². The molecule has 0 unspecified atom stereocenters. The van der Waals surface area contributed by atoms with Crippen LogP contribution in [0.3, 0.4) is 0 Å². The maximum Gasteiger partial charge on any atom is 0.123 e. The molecule has 0 atom stereocenters. The molecule has 0 radical (unpaired) electrons. The molecule has 0 heterocycles. The first-order valence-electron chi connectivity index (χ1n) is 3.11.